The lowest BCUT2D eigenvalue weighted by Gasteiger charge is -2.45. The minimum Gasteiger partial charge on any atom is -0.504 e. The van der Waals surface area contributed by atoms with E-state index in [1.165, 1.54) is 5.56 Å². The average Bonchev–Trinajstić information content (AvgIpc) is 4.10. The summed E-state index contributed by atoms with van der Waals surface area (Å²) in [6.07, 6.45) is -10.4. The zero-order valence-electron chi connectivity index (χ0n) is 41.3. The van der Waals surface area contributed by atoms with Gasteiger partial charge in [-0.05, 0) is 120 Å². The Morgan fingerprint density at radius 3 is 1.73 bits per heavy atom. The van der Waals surface area contributed by atoms with Crippen molar-refractivity contribution < 1.29 is 59.8 Å². The first-order valence-corrected chi connectivity index (χ1v) is 25.0. The molecule has 10 atom stereocenters. The third kappa shape index (κ3) is 8.99. The van der Waals surface area contributed by atoms with Crippen molar-refractivity contribution in [2.75, 3.05) is 13.2 Å². The number of H-pyrrole nitrogens is 2. The molecule has 378 valence electrons. The monoisotopic (exact) mass is 967 g/mol. The second kappa shape index (κ2) is 21.3. The van der Waals surface area contributed by atoms with Crippen LogP contribution in [-0.4, -0.2) is 140 Å². The minimum atomic E-state index is -1.82. The second-order valence-electron chi connectivity index (χ2n) is 18.2. The first-order chi connectivity index (χ1) is 33.7. The van der Waals surface area contributed by atoms with E-state index in [9.17, 15) is 40.9 Å². The SMILES string of the molecule is CCC1=C(CC)c2nc1cc1[nH]c(c(CC)c1CC)c(-c1ccc(O[C@@H]3O[C@H](CO)[C@H](O[C@@H]4O[C@H](CO)[C@H](O)[C@H](O)[C@H]4O)[C@H](O)[C@H]3O)c(O)c1)c1nc(cc3[nH]c(n2)c(CC)c3CC)C(CC)=C1CC. The average molecular weight is 968 g/mol. The van der Waals surface area contributed by atoms with Crippen molar-refractivity contribution in [3.8, 4) is 22.6 Å². The number of nitrogens with zero attached hydrogens (tertiary/aromatic N) is 3. The van der Waals surface area contributed by atoms with Crippen LogP contribution >= 0.6 is 0 Å². The normalized spacial score (nSPS) is 26.1. The van der Waals surface area contributed by atoms with Crippen LogP contribution in [0.25, 0.3) is 55.6 Å². The number of aliphatic hydroxyl groups excluding tert-OH is 7. The number of hydrogen-bond acceptors (Lipinski definition) is 15. The number of benzene rings is 1. The van der Waals surface area contributed by atoms with Crippen molar-refractivity contribution in [2.24, 2.45) is 0 Å². The lowest BCUT2D eigenvalue weighted by atomic mass is 9.93. The van der Waals surface area contributed by atoms with E-state index >= 15 is 0 Å². The van der Waals surface area contributed by atoms with E-state index in [-0.39, 0.29) is 11.5 Å². The van der Waals surface area contributed by atoms with Crippen LogP contribution in [0.5, 0.6) is 11.5 Å². The van der Waals surface area contributed by atoms with Crippen LogP contribution in [0.2, 0.25) is 0 Å². The summed E-state index contributed by atoms with van der Waals surface area (Å²) < 4.78 is 23.1. The van der Waals surface area contributed by atoms with Gasteiger partial charge in [0.25, 0.3) is 0 Å². The van der Waals surface area contributed by atoms with Gasteiger partial charge in [0.1, 0.15) is 54.5 Å². The lowest BCUT2D eigenvalue weighted by Crippen LogP contribution is -2.65. The fourth-order valence-electron chi connectivity index (χ4n) is 10.8. The Morgan fingerprint density at radius 2 is 1.13 bits per heavy atom. The zero-order chi connectivity index (χ0) is 50.3. The van der Waals surface area contributed by atoms with Crippen molar-refractivity contribution in [2.45, 2.75) is 168 Å². The molecule has 4 aromatic rings. The summed E-state index contributed by atoms with van der Waals surface area (Å²) in [6.45, 7) is 15.7. The molecule has 4 aliphatic rings. The molecule has 0 radical (unpaired) electrons. The molecule has 17 nitrogen and oxygen atoms in total. The third-order valence-corrected chi connectivity index (χ3v) is 14.4. The molecule has 2 saturated heterocycles. The fraction of sp³-hybridized carbons (Fsp3) is 0.528. The van der Waals surface area contributed by atoms with Crippen LogP contribution in [-0.2, 0) is 39.9 Å². The van der Waals surface area contributed by atoms with Crippen LogP contribution in [0.1, 0.15) is 126 Å². The largest absolute Gasteiger partial charge is 0.504 e. The van der Waals surface area contributed by atoms with Gasteiger partial charge in [0, 0.05) is 22.2 Å². The number of phenolic OH excluding ortho intramolecular Hbond substituents is 1. The van der Waals surface area contributed by atoms with E-state index < -0.39 is 74.6 Å². The molecule has 0 unspecified atom stereocenters. The molecular weight excluding hydrogens is 899 g/mol. The number of aromatic hydroxyl groups is 1. The Bertz CT molecular complexity index is 2810. The molecule has 70 heavy (non-hydrogen) atoms. The van der Waals surface area contributed by atoms with Gasteiger partial charge in [0.2, 0.25) is 6.29 Å². The van der Waals surface area contributed by atoms with Crippen LogP contribution in [0.15, 0.2) is 30.3 Å². The first-order valence-electron chi connectivity index (χ1n) is 25.0. The highest BCUT2D eigenvalue weighted by Crippen LogP contribution is 2.45. The predicted octanol–water partition coefficient (Wildman–Crippen LogP) is 5.80. The maximum atomic E-state index is 11.9. The van der Waals surface area contributed by atoms with E-state index in [1.807, 2.05) is 0 Å². The summed E-state index contributed by atoms with van der Waals surface area (Å²) in [5.74, 6) is 0.318. The quantitative estimate of drug-likeness (QED) is 0.0675. The van der Waals surface area contributed by atoms with Crippen molar-refractivity contribution >= 4 is 44.5 Å². The number of aromatic amines is 2. The molecular formula is C53H69N5O12. The van der Waals surface area contributed by atoms with Gasteiger partial charge in [-0.1, -0.05) is 61.5 Å². The number of nitrogens with one attached hydrogen (secondary N) is 2. The number of aryl methyl sites for hydroxylation is 4. The van der Waals surface area contributed by atoms with Gasteiger partial charge < -0.3 is 69.8 Å². The van der Waals surface area contributed by atoms with Crippen LogP contribution in [0.4, 0.5) is 0 Å². The van der Waals surface area contributed by atoms with Gasteiger partial charge in [0.15, 0.2) is 23.6 Å². The Kier molecular flexibility index (Phi) is 15.6. The van der Waals surface area contributed by atoms with Crippen molar-refractivity contribution in [3.63, 3.8) is 0 Å². The molecule has 10 N–H and O–H groups in total. The Balaban J connectivity index is 1.29. The van der Waals surface area contributed by atoms with Crippen molar-refractivity contribution in [1.29, 1.82) is 0 Å². The summed E-state index contributed by atoms with van der Waals surface area (Å²) >= 11 is 0. The van der Waals surface area contributed by atoms with E-state index in [1.54, 1.807) is 18.2 Å². The van der Waals surface area contributed by atoms with Gasteiger partial charge in [0.05, 0.1) is 35.8 Å². The third-order valence-electron chi connectivity index (χ3n) is 14.4. The molecule has 1 aromatic carbocycles. The molecule has 0 amide bonds. The summed E-state index contributed by atoms with van der Waals surface area (Å²) in [5, 5.41) is 85.7. The number of ether oxygens (including phenoxy) is 4. The Hall–Kier alpha value is -5.05. The first kappa shape index (κ1) is 51.3. The number of fused-ring (bicyclic) bond motifs is 8. The molecule has 8 rings (SSSR count). The van der Waals surface area contributed by atoms with Gasteiger partial charge in [-0.3, -0.25) is 0 Å². The van der Waals surface area contributed by atoms with Gasteiger partial charge in [-0.2, -0.15) is 0 Å². The molecule has 0 aliphatic carbocycles. The smallest absolute Gasteiger partial charge is 0.229 e. The highest BCUT2D eigenvalue weighted by atomic mass is 16.7. The highest BCUT2D eigenvalue weighted by molar-refractivity contribution is 6.02. The number of hydrogen-bond donors (Lipinski definition) is 10. The van der Waals surface area contributed by atoms with E-state index in [0.29, 0.717) is 18.4 Å². The van der Waals surface area contributed by atoms with Crippen LogP contribution in [0, 0.1) is 0 Å². The maximum Gasteiger partial charge on any atom is 0.229 e. The molecule has 7 heterocycles. The fourth-order valence-corrected chi connectivity index (χ4v) is 10.8. The zero-order valence-corrected chi connectivity index (χ0v) is 41.3. The standard InChI is InChI=1S/C53H69N5O12/c1-9-25-29(13-5)42-41(24-17-18-38(37(61)19-24)67-52-48(66)46(64)49(40(23-60)69-52)70-53-47(65)45(63)44(62)39(22-59)68-53)43-30(14-6)26(10-2)34(55-43)21-36-28(12-4)32(16-8)51(57-36)58-50-31(15-7)27(11-3)35(56-50)20-33(25)54-42/h17-21,39-40,44-49,52-54,59-66H,9-16,22-23H2,1-8H3,(H,56,57,58)/t39-,40-,44+,45+,46-,47-,48-,49+,52-,53+/m1/s1. The van der Waals surface area contributed by atoms with Crippen LogP contribution in [0.3, 0.4) is 0 Å². The summed E-state index contributed by atoms with van der Waals surface area (Å²) in [7, 11) is 0. The van der Waals surface area contributed by atoms with Crippen LogP contribution < -0.4 is 4.74 Å². The van der Waals surface area contributed by atoms with Gasteiger partial charge >= 0.3 is 0 Å². The predicted molar refractivity (Wildman–Crippen MR) is 265 cm³/mol. The van der Waals surface area contributed by atoms with E-state index in [0.717, 1.165) is 128 Å². The molecule has 0 spiro atoms. The Morgan fingerprint density at radius 1 is 0.557 bits per heavy atom. The Labute approximate surface area is 407 Å². The number of allylic oxidation sites excluding steroid dienone is 4. The summed E-state index contributed by atoms with van der Waals surface area (Å²) in [5.41, 5.74) is 16.5. The van der Waals surface area contributed by atoms with E-state index in [2.05, 4.69) is 77.5 Å². The number of aliphatic hydroxyl groups is 7. The lowest BCUT2D eigenvalue weighted by molar-refractivity contribution is -0.352. The second-order valence-corrected chi connectivity index (χ2v) is 18.2. The molecule has 17 heteroatoms. The number of phenols is 1. The maximum absolute atomic E-state index is 11.9. The topological polar surface area (TPSA) is 269 Å². The molecule has 8 bridgehead atoms. The molecule has 2 fully saturated rings. The molecule has 0 saturated carbocycles. The van der Waals surface area contributed by atoms with Crippen molar-refractivity contribution in [3.05, 3.63) is 75.5 Å². The van der Waals surface area contributed by atoms with Gasteiger partial charge in [-0.25, -0.2) is 15.0 Å². The van der Waals surface area contributed by atoms with Crippen molar-refractivity contribution in [1.82, 2.24) is 24.9 Å². The summed E-state index contributed by atoms with van der Waals surface area (Å²) in [6, 6.07) is 9.22. The molecule has 3 aromatic heterocycles. The van der Waals surface area contributed by atoms with Gasteiger partial charge in [-0.15, -0.1) is 0 Å². The number of rotatable bonds is 15. The highest BCUT2D eigenvalue weighted by Gasteiger charge is 2.51. The molecule has 4 aliphatic heterocycles. The minimum absolute atomic E-state index is 0.0950. The summed E-state index contributed by atoms with van der Waals surface area (Å²) in [4.78, 5) is 23.6. The van der Waals surface area contributed by atoms with E-state index in [4.69, 9.17) is 33.9 Å². The number of aromatic nitrogens is 5.